The number of hydrogen-bond donors (Lipinski definition) is 0. The van der Waals surface area contributed by atoms with Gasteiger partial charge in [-0.3, -0.25) is 14.4 Å². The lowest BCUT2D eigenvalue weighted by molar-refractivity contribution is -0.126. The van der Waals surface area contributed by atoms with Crippen LogP contribution >= 0.6 is 11.6 Å². The Hall–Kier alpha value is -2.93. The van der Waals surface area contributed by atoms with Gasteiger partial charge >= 0.3 is 0 Å². The van der Waals surface area contributed by atoms with Gasteiger partial charge in [0.25, 0.3) is 5.91 Å². The normalized spacial score (nSPS) is 22.4. The molecule has 2 aliphatic rings. The Balaban J connectivity index is 1.67. The van der Waals surface area contributed by atoms with Gasteiger partial charge in [-0.05, 0) is 36.4 Å². The molecule has 0 aliphatic carbocycles. The number of anilines is 1. The second-order valence-electron chi connectivity index (χ2n) is 5.27. The van der Waals surface area contributed by atoms with Gasteiger partial charge in [0, 0.05) is 5.02 Å². The maximum absolute atomic E-state index is 12.7. The summed E-state index contributed by atoms with van der Waals surface area (Å²) in [7, 11) is 0. The quantitative estimate of drug-likeness (QED) is 0.628. The Morgan fingerprint density at radius 3 is 2.54 bits per heavy atom. The van der Waals surface area contributed by atoms with Crippen molar-refractivity contribution in [2.45, 2.75) is 6.10 Å². The van der Waals surface area contributed by atoms with Gasteiger partial charge in [-0.1, -0.05) is 16.8 Å². The first kappa shape index (κ1) is 14.6. The first-order valence-corrected chi connectivity index (χ1v) is 7.41. The number of benzene rings is 1. The number of rotatable bonds is 3. The van der Waals surface area contributed by atoms with Gasteiger partial charge in [-0.15, -0.1) is 0 Å². The monoisotopic (exact) mass is 344 g/mol. The fourth-order valence-electron chi connectivity index (χ4n) is 2.74. The highest BCUT2D eigenvalue weighted by atomic mass is 35.5. The third-order valence-corrected chi connectivity index (χ3v) is 4.13. The van der Waals surface area contributed by atoms with Gasteiger partial charge in [0.1, 0.15) is 11.6 Å². The van der Waals surface area contributed by atoms with Crippen LogP contribution in [0.3, 0.4) is 0 Å². The Bertz CT molecular complexity index is 872. The molecule has 0 saturated carbocycles. The van der Waals surface area contributed by atoms with Gasteiger partial charge in [-0.25, -0.2) is 4.90 Å². The Morgan fingerprint density at radius 1 is 1.12 bits per heavy atom. The van der Waals surface area contributed by atoms with Crippen molar-refractivity contribution in [1.82, 2.24) is 0 Å². The summed E-state index contributed by atoms with van der Waals surface area (Å²) in [5, 5.41) is 4.11. The average Bonchev–Trinajstić information content (AvgIpc) is 3.29. The van der Waals surface area contributed by atoms with Gasteiger partial charge < -0.3 is 9.25 Å². The van der Waals surface area contributed by atoms with Crippen molar-refractivity contribution in [1.29, 1.82) is 0 Å². The molecule has 7 nitrogen and oxygen atoms in total. The van der Waals surface area contributed by atoms with Crippen molar-refractivity contribution < 1.29 is 23.6 Å². The number of imide groups is 1. The zero-order valence-electron chi connectivity index (χ0n) is 12.0. The van der Waals surface area contributed by atoms with Crippen LogP contribution in [0, 0.1) is 5.92 Å². The predicted octanol–water partition coefficient (Wildman–Crippen LogP) is 2.06. The topological polar surface area (TPSA) is 89.2 Å². The van der Waals surface area contributed by atoms with Crippen LogP contribution in [-0.4, -0.2) is 29.4 Å². The van der Waals surface area contributed by atoms with Crippen LogP contribution in [0.4, 0.5) is 5.69 Å². The molecule has 2 atom stereocenters. The Kier molecular flexibility index (Phi) is 3.24. The van der Waals surface area contributed by atoms with Crippen LogP contribution in [0.1, 0.15) is 10.6 Å². The maximum atomic E-state index is 12.7. The fraction of sp³-hybridized carbons (Fsp3) is 0.125. The molecule has 2 aromatic rings. The lowest BCUT2D eigenvalue weighted by Crippen LogP contribution is -2.34. The molecule has 1 aromatic carbocycles. The first-order valence-electron chi connectivity index (χ1n) is 7.03. The summed E-state index contributed by atoms with van der Waals surface area (Å²) in [5.41, 5.74) is 0.224. The maximum Gasteiger partial charge on any atom is 0.278 e. The lowest BCUT2D eigenvalue weighted by atomic mass is 9.96. The van der Waals surface area contributed by atoms with E-state index in [2.05, 4.69) is 5.16 Å². The summed E-state index contributed by atoms with van der Waals surface area (Å²) in [4.78, 5) is 43.6. The number of carbonyl (C=O) groups excluding carboxylic acids is 3. The van der Waals surface area contributed by atoms with Gasteiger partial charge in [0.15, 0.2) is 5.76 Å². The third-order valence-electron chi connectivity index (χ3n) is 3.87. The molecule has 1 saturated heterocycles. The van der Waals surface area contributed by atoms with Crippen molar-refractivity contribution in [3.8, 4) is 0 Å². The second kappa shape index (κ2) is 5.31. The number of oxime groups is 1. The minimum Gasteiger partial charge on any atom is -0.461 e. The highest BCUT2D eigenvalue weighted by molar-refractivity contribution is 6.52. The minimum absolute atomic E-state index is 0.0307. The van der Waals surface area contributed by atoms with E-state index in [1.165, 1.54) is 12.3 Å². The second-order valence-corrected chi connectivity index (χ2v) is 5.71. The van der Waals surface area contributed by atoms with Crippen LogP contribution in [0.2, 0.25) is 5.02 Å². The van der Waals surface area contributed by atoms with Crippen molar-refractivity contribution >= 4 is 40.6 Å². The molecule has 120 valence electrons. The van der Waals surface area contributed by atoms with Crippen LogP contribution in [-0.2, 0) is 14.4 Å². The minimum atomic E-state index is -1.14. The lowest BCUT2D eigenvalue weighted by Gasteiger charge is -2.15. The molecule has 1 fully saturated rings. The van der Waals surface area contributed by atoms with Gasteiger partial charge in [0.2, 0.25) is 17.8 Å². The first-order chi connectivity index (χ1) is 11.6. The molecular weight excluding hydrogens is 336 g/mol. The number of carbonyl (C=O) groups is 3. The van der Waals surface area contributed by atoms with E-state index in [9.17, 15) is 14.4 Å². The number of furan rings is 1. The molecular formula is C16H9ClN2O5. The number of nitrogens with zero attached hydrogens (tertiary/aromatic N) is 2. The number of halogens is 1. The molecule has 4 rings (SSSR count). The Morgan fingerprint density at radius 2 is 1.88 bits per heavy atom. The highest BCUT2D eigenvalue weighted by Crippen LogP contribution is 2.34. The van der Waals surface area contributed by atoms with Crippen molar-refractivity contribution in [3.63, 3.8) is 0 Å². The Labute approximate surface area is 140 Å². The smallest absolute Gasteiger partial charge is 0.278 e. The largest absolute Gasteiger partial charge is 0.461 e. The molecule has 0 spiro atoms. The van der Waals surface area contributed by atoms with E-state index >= 15 is 0 Å². The summed E-state index contributed by atoms with van der Waals surface area (Å²) in [6.07, 6.45) is 0.199. The van der Waals surface area contributed by atoms with Gasteiger partial charge in [0.05, 0.1) is 12.0 Å². The SMILES string of the molecule is O=C(C1=NO[C@@H]2C(=O)N(c3ccc(Cl)cc3)C(=O)[C@H]12)c1ccco1. The zero-order valence-corrected chi connectivity index (χ0v) is 12.8. The van der Waals surface area contributed by atoms with Crippen molar-refractivity contribution in [2.75, 3.05) is 4.90 Å². The number of Topliss-reactive ketones (excluding diaryl/α,β-unsaturated/α-hetero) is 1. The van der Waals surface area contributed by atoms with Crippen LogP contribution in [0.25, 0.3) is 0 Å². The van der Waals surface area contributed by atoms with E-state index in [1.807, 2.05) is 0 Å². The fourth-order valence-corrected chi connectivity index (χ4v) is 2.87. The van der Waals surface area contributed by atoms with Crippen LogP contribution in [0.15, 0.2) is 52.2 Å². The molecule has 0 N–H and O–H groups in total. The molecule has 3 heterocycles. The van der Waals surface area contributed by atoms with E-state index in [0.29, 0.717) is 10.7 Å². The molecule has 0 radical (unpaired) electrons. The molecule has 2 amide bonds. The standard InChI is InChI=1S/C16H9ClN2O5/c17-8-3-5-9(6-4-8)19-15(21)11-12(18-24-14(11)16(19)22)13(20)10-2-1-7-23-10/h1-7,11,14H/t11-,14+/m1/s1. The summed E-state index contributed by atoms with van der Waals surface area (Å²) in [6, 6.07) is 9.22. The predicted molar refractivity (Wildman–Crippen MR) is 82.8 cm³/mol. The van der Waals surface area contributed by atoms with E-state index in [4.69, 9.17) is 20.9 Å². The van der Waals surface area contributed by atoms with Crippen molar-refractivity contribution in [3.05, 3.63) is 53.4 Å². The van der Waals surface area contributed by atoms with E-state index < -0.39 is 29.6 Å². The number of fused-ring (bicyclic) bond motifs is 1. The number of amides is 2. The molecule has 1 aromatic heterocycles. The van der Waals surface area contributed by atoms with Crippen molar-refractivity contribution in [2.24, 2.45) is 11.1 Å². The molecule has 2 aliphatic heterocycles. The number of hydrogen-bond acceptors (Lipinski definition) is 6. The summed E-state index contributed by atoms with van der Waals surface area (Å²) < 4.78 is 5.03. The summed E-state index contributed by atoms with van der Waals surface area (Å²) in [5.74, 6) is -2.76. The number of ketones is 1. The van der Waals surface area contributed by atoms with E-state index in [-0.39, 0.29) is 11.5 Å². The van der Waals surface area contributed by atoms with Gasteiger partial charge in [-0.2, -0.15) is 0 Å². The zero-order chi connectivity index (χ0) is 16.8. The molecule has 24 heavy (non-hydrogen) atoms. The van der Waals surface area contributed by atoms with Crippen LogP contribution in [0.5, 0.6) is 0 Å². The van der Waals surface area contributed by atoms with E-state index in [1.54, 1.807) is 30.3 Å². The average molecular weight is 345 g/mol. The third kappa shape index (κ3) is 2.05. The van der Waals surface area contributed by atoms with Crippen LogP contribution < -0.4 is 4.90 Å². The summed E-state index contributed by atoms with van der Waals surface area (Å²) in [6.45, 7) is 0. The van der Waals surface area contributed by atoms with E-state index in [0.717, 1.165) is 4.90 Å². The molecule has 0 unspecified atom stereocenters. The molecule has 8 heteroatoms. The highest BCUT2D eigenvalue weighted by Gasteiger charge is 2.57. The summed E-state index contributed by atoms with van der Waals surface area (Å²) >= 11 is 5.82. The molecule has 0 bridgehead atoms.